The van der Waals surface area contributed by atoms with Crippen LogP contribution in [0.5, 0.6) is 0 Å². The van der Waals surface area contributed by atoms with E-state index in [-0.39, 0.29) is 23.4 Å². The van der Waals surface area contributed by atoms with Crippen LogP contribution in [0.1, 0.15) is 25.7 Å². The third-order valence-corrected chi connectivity index (χ3v) is 7.30. The van der Waals surface area contributed by atoms with Crippen LogP contribution in [-0.4, -0.2) is 53.1 Å². The van der Waals surface area contributed by atoms with Gasteiger partial charge in [0, 0.05) is 31.6 Å². The van der Waals surface area contributed by atoms with E-state index in [1.807, 2.05) is 29.2 Å². The Balaban J connectivity index is 1.52. The predicted molar refractivity (Wildman–Crippen MR) is 127 cm³/mol. The summed E-state index contributed by atoms with van der Waals surface area (Å²) in [6, 6.07) is 8.07. The zero-order valence-corrected chi connectivity index (χ0v) is 18.6. The van der Waals surface area contributed by atoms with E-state index >= 15 is 0 Å². The van der Waals surface area contributed by atoms with Crippen LogP contribution >= 0.6 is 11.3 Å². The summed E-state index contributed by atoms with van der Waals surface area (Å²) in [6.45, 7) is 3.09. The van der Waals surface area contributed by atoms with Gasteiger partial charge >= 0.3 is 0 Å². The topological polar surface area (TPSA) is 129 Å². The number of thiazole rings is 1. The maximum absolute atomic E-state index is 13.3. The molecule has 10 heteroatoms. The van der Waals surface area contributed by atoms with Crippen molar-refractivity contribution in [1.29, 1.82) is 0 Å². The molecular weight excluding hydrogens is 426 g/mol. The Labute approximate surface area is 189 Å². The van der Waals surface area contributed by atoms with Crippen LogP contribution in [0.25, 0.3) is 20.8 Å². The Kier molecular flexibility index (Phi) is 5.79. The highest BCUT2D eigenvalue weighted by atomic mass is 32.1. The number of piperidine rings is 2. The van der Waals surface area contributed by atoms with Crippen LogP contribution in [0.15, 0.2) is 29.1 Å². The van der Waals surface area contributed by atoms with Gasteiger partial charge < -0.3 is 21.3 Å². The van der Waals surface area contributed by atoms with Crippen LogP contribution in [-0.2, 0) is 4.79 Å². The monoisotopic (exact) mass is 453 g/mol. The molecule has 3 aromatic rings. The third-order valence-electron chi connectivity index (χ3n) is 6.25. The van der Waals surface area contributed by atoms with E-state index in [4.69, 9.17) is 15.7 Å². The molecule has 2 aliphatic rings. The highest BCUT2D eigenvalue weighted by Crippen LogP contribution is 2.33. The van der Waals surface area contributed by atoms with Crippen molar-refractivity contribution in [2.75, 3.05) is 36.4 Å². The lowest BCUT2D eigenvalue weighted by atomic mass is 9.96. The number of anilines is 2. The van der Waals surface area contributed by atoms with Crippen LogP contribution in [0.4, 0.5) is 11.8 Å². The van der Waals surface area contributed by atoms with Crippen molar-refractivity contribution in [2.24, 2.45) is 11.7 Å². The molecule has 2 aliphatic heterocycles. The minimum atomic E-state index is -0.260. The largest absolute Gasteiger partial charge is 0.369 e. The normalized spacial score (nSPS) is 19.9. The molecule has 5 N–H and O–H groups in total. The number of nitrogens with two attached hydrogens (primary N) is 1. The van der Waals surface area contributed by atoms with Crippen molar-refractivity contribution in [2.45, 2.75) is 31.7 Å². The number of amides is 1. The molecule has 0 spiro atoms. The van der Waals surface area contributed by atoms with Gasteiger partial charge in [0.05, 0.1) is 10.2 Å². The Morgan fingerprint density at radius 3 is 2.72 bits per heavy atom. The van der Waals surface area contributed by atoms with E-state index in [9.17, 15) is 9.59 Å². The number of fused-ring (bicyclic) bond motifs is 1. The fraction of sp³-hybridized carbons (Fsp3) is 0.455. The van der Waals surface area contributed by atoms with E-state index in [1.54, 1.807) is 0 Å². The van der Waals surface area contributed by atoms with Crippen LogP contribution in [0, 0.1) is 5.92 Å². The molecule has 5 rings (SSSR count). The Morgan fingerprint density at radius 1 is 1.19 bits per heavy atom. The lowest BCUT2D eigenvalue weighted by molar-refractivity contribution is -0.122. The van der Waals surface area contributed by atoms with E-state index in [1.165, 1.54) is 11.3 Å². The van der Waals surface area contributed by atoms with E-state index in [0.717, 1.165) is 36.1 Å². The fourth-order valence-corrected chi connectivity index (χ4v) is 5.45. The number of hydrogen-bond acceptors (Lipinski definition) is 8. The van der Waals surface area contributed by atoms with E-state index in [2.05, 4.69) is 15.6 Å². The number of rotatable bonds is 5. The summed E-state index contributed by atoms with van der Waals surface area (Å²) in [5.74, 6) is 0.706. The SMILES string of the molecule is NC(=O)C1CCN(c2nc(N[C@@H]3CCCNC3)c(-c3nc4ccccc4s3)c(=O)[nH]2)CC1. The molecule has 2 aromatic heterocycles. The first kappa shape index (κ1) is 20.9. The van der Waals surface area contributed by atoms with Gasteiger partial charge in [0.1, 0.15) is 16.4 Å². The molecule has 1 atom stereocenters. The Morgan fingerprint density at radius 2 is 2.00 bits per heavy atom. The molecule has 0 unspecified atom stereocenters. The fourth-order valence-electron chi connectivity index (χ4n) is 4.44. The van der Waals surface area contributed by atoms with Gasteiger partial charge in [-0.2, -0.15) is 4.98 Å². The van der Waals surface area contributed by atoms with Gasteiger partial charge in [-0.3, -0.25) is 14.6 Å². The number of aromatic nitrogens is 3. The summed E-state index contributed by atoms with van der Waals surface area (Å²) in [7, 11) is 0. The molecule has 4 heterocycles. The molecule has 0 radical (unpaired) electrons. The van der Waals surface area contributed by atoms with Crippen LogP contribution in [0.2, 0.25) is 0 Å². The Bertz CT molecular complexity index is 1140. The van der Waals surface area contributed by atoms with Gasteiger partial charge in [0.25, 0.3) is 5.56 Å². The van der Waals surface area contributed by atoms with Crippen molar-refractivity contribution in [3.05, 3.63) is 34.6 Å². The minimum absolute atomic E-state index is 0.120. The number of hydrogen-bond donors (Lipinski definition) is 4. The van der Waals surface area contributed by atoms with Gasteiger partial charge in [-0.1, -0.05) is 12.1 Å². The average molecular weight is 454 g/mol. The van der Waals surface area contributed by atoms with Crippen LogP contribution < -0.4 is 26.8 Å². The summed E-state index contributed by atoms with van der Waals surface area (Å²) < 4.78 is 1.03. The number of nitrogens with one attached hydrogen (secondary N) is 3. The van der Waals surface area contributed by atoms with Crippen LogP contribution in [0.3, 0.4) is 0 Å². The summed E-state index contributed by atoms with van der Waals surface area (Å²) >= 11 is 1.49. The third kappa shape index (κ3) is 4.20. The number of benzene rings is 1. The number of aromatic amines is 1. The summed E-state index contributed by atoms with van der Waals surface area (Å²) in [4.78, 5) is 39.4. The summed E-state index contributed by atoms with van der Waals surface area (Å²) in [5.41, 5.74) is 6.61. The van der Waals surface area contributed by atoms with Gasteiger partial charge in [-0.15, -0.1) is 11.3 Å². The van der Waals surface area contributed by atoms with E-state index in [0.29, 0.717) is 48.3 Å². The quantitative estimate of drug-likeness (QED) is 0.464. The zero-order valence-electron chi connectivity index (χ0n) is 17.8. The smallest absolute Gasteiger partial charge is 0.264 e. The summed E-state index contributed by atoms with van der Waals surface area (Å²) in [6.07, 6.45) is 3.41. The van der Waals surface area contributed by atoms with Gasteiger partial charge in [-0.05, 0) is 44.4 Å². The molecule has 32 heavy (non-hydrogen) atoms. The lowest BCUT2D eigenvalue weighted by Gasteiger charge is -2.31. The highest BCUT2D eigenvalue weighted by Gasteiger charge is 2.27. The van der Waals surface area contributed by atoms with Gasteiger partial charge in [0.15, 0.2) is 0 Å². The molecule has 0 aliphatic carbocycles. The number of para-hydroxylation sites is 1. The average Bonchev–Trinajstić information content (AvgIpc) is 3.23. The molecule has 2 fully saturated rings. The maximum atomic E-state index is 13.3. The molecular formula is C22H27N7O2S. The van der Waals surface area contributed by atoms with Crippen molar-refractivity contribution >= 4 is 39.2 Å². The second-order valence-electron chi connectivity index (χ2n) is 8.45. The van der Waals surface area contributed by atoms with Crippen molar-refractivity contribution < 1.29 is 4.79 Å². The molecule has 0 saturated carbocycles. The molecule has 1 amide bonds. The minimum Gasteiger partial charge on any atom is -0.369 e. The first-order valence-corrected chi connectivity index (χ1v) is 11.9. The Hall–Kier alpha value is -2.98. The number of primary amides is 1. The molecule has 9 nitrogen and oxygen atoms in total. The molecule has 168 valence electrons. The first-order chi connectivity index (χ1) is 15.6. The second-order valence-corrected chi connectivity index (χ2v) is 9.48. The number of carbonyl (C=O) groups is 1. The zero-order chi connectivity index (χ0) is 22.1. The number of nitrogens with zero attached hydrogens (tertiary/aromatic N) is 3. The first-order valence-electron chi connectivity index (χ1n) is 11.1. The van der Waals surface area contributed by atoms with Crippen molar-refractivity contribution in [3.63, 3.8) is 0 Å². The van der Waals surface area contributed by atoms with E-state index < -0.39 is 0 Å². The standard InChI is InChI=1S/C22H27N7O2S/c23-18(30)13-7-10-29(11-8-13)22-27-19(25-14-4-3-9-24-12-14)17(20(31)28-22)21-26-15-5-1-2-6-16(15)32-21/h1-2,5-6,13-14,24H,3-4,7-12H2,(H2,23,30)(H2,25,27,28,31)/t14-/m1/s1. The maximum Gasteiger partial charge on any atom is 0.264 e. The lowest BCUT2D eigenvalue weighted by Crippen LogP contribution is -2.41. The molecule has 1 aromatic carbocycles. The molecule has 0 bridgehead atoms. The number of carbonyl (C=O) groups excluding carboxylic acids is 1. The van der Waals surface area contributed by atoms with Gasteiger partial charge in [0.2, 0.25) is 11.9 Å². The number of H-pyrrole nitrogens is 1. The summed E-state index contributed by atoms with van der Waals surface area (Å²) in [5, 5.41) is 7.57. The van der Waals surface area contributed by atoms with Crippen molar-refractivity contribution in [1.82, 2.24) is 20.3 Å². The van der Waals surface area contributed by atoms with Gasteiger partial charge in [-0.25, -0.2) is 4.98 Å². The predicted octanol–water partition coefficient (Wildman–Crippen LogP) is 1.91. The molecule has 2 saturated heterocycles. The van der Waals surface area contributed by atoms with Crippen molar-refractivity contribution in [3.8, 4) is 10.6 Å². The second kappa shape index (κ2) is 8.87. The highest BCUT2D eigenvalue weighted by molar-refractivity contribution is 7.21.